The molecule has 0 saturated carbocycles. The number of fused-ring (bicyclic) bond motifs is 6. The summed E-state index contributed by atoms with van der Waals surface area (Å²) in [5.41, 5.74) is 8.14. The molecular weight excluding hydrogens is 456 g/mol. The number of aromatic nitrogens is 1. The lowest BCUT2D eigenvalue weighted by atomic mass is 9.86. The van der Waals surface area contributed by atoms with Crippen molar-refractivity contribution in [3.05, 3.63) is 119 Å². The van der Waals surface area contributed by atoms with E-state index in [9.17, 15) is 0 Å². The molecule has 36 heavy (non-hydrogen) atoms. The largest absolute Gasteiger partial charge is 0.309 e. The maximum absolute atomic E-state index is 8.83. The van der Waals surface area contributed by atoms with Gasteiger partial charge in [0.05, 0.1) is 22.0 Å². The van der Waals surface area contributed by atoms with Crippen molar-refractivity contribution in [2.24, 2.45) is 0 Å². The van der Waals surface area contributed by atoms with Gasteiger partial charge in [-0.1, -0.05) is 54.0 Å². The molecule has 0 saturated heterocycles. The predicted octanol–water partition coefficient (Wildman–Crippen LogP) is 7.93. The predicted molar refractivity (Wildman–Crippen MR) is 153 cm³/mol. The summed E-state index contributed by atoms with van der Waals surface area (Å²) in [5.74, 6) is 0.128. The second kappa shape index (κ2) is 7.97. The minimum Gasteiger partial charge on any atom is -0.309 e. The Hall–Kier alpha value is -3.56. The Kier molecular flexibility index (Phi) is 3.29. The van der Waals surface area contributed by atoms with Gasteiger partial charge in [0.25, 0.3) is 0 Å². The van der Waals surface area contributed by atoms with Gasteiger partial charge in [-0.3, -0.25) is 0 Å². The first-order valence-corrected chi connectivity index (χ1v) is 12.9. The zero-order chi connectivity index (χ0) is 31.5. The zero-order valence-electron chi connectivity index (χ0n) is 28.5. The van der Waals surface area contributed by atoms with Gasteiger partial charge in [-0.2, -0.15) is 0 Å². The molecule has 2 nitrogen and oxygen atoms in total. The Morgan fingerprint density at radius 3 is 2.31 bits per heavy atom. The van der Waals surface area contributed by atoms with Crippen LogP contribution in [0.2, 0.25) is 0 Å². The molecule has 3 heteroatoms. The van der Waals surface area contributed by atoms with Crippen molar-refractivity contribution in [3.8, 4) is 5.69 Å². The molecule has 0 N–H and O–H groups in total. The molecule has 7 rings (SSSR count). The first-order valence-electron chi connectivity index (χ1n) is 16.0. The minimum absolute atomic E-state index is 0.0882. The molecule has 0 spiro atoms. The molecule has 2 aliphatic heterocycles. The van der Waals surface area contributed by atoms with Gasteiger partial charge >= 0.3 is 0 Å². The smallest absolute Gasteiger partial charge is 0.203 e. The molecule has 176 valence electrons. The molecule has 4 aromatic carbocycles. The summed E-state index contributed by atoms with van der Waals surface area (Å²) in [6, 6.07) is 7.41. The van der Waals surface area contributed by atoms with Gasteiger partial charge in [0, 0.05) is 32.8 Å². The van der Waals surface area contributed by atoms with Crippen LogP contribution < -0.4 is 0 Å². The Balaban J connectivity index is 1.48. The first kappa shape index (κ1) is 14.9. The number of thioether (sulfide) groups is 1. The molecular formula is C33H29N2S+. The summed E-state index contributed by atoms with van der Waals surface area (Å²) in [6.07, 6.45) is 4.34. The summed E-state index contributed by atoms with van der Waals surface area (Å²) in [7, 11) is 2.08. The van der Waals surface area contributed by atoms with E-state index in [2.05, 4.69) is 56.8 Å². The van der Waals surface area contributed by atoms with Crippen LogP contribution in [-0.4, -0.2) is 27.2 Å². The molecule has 2 atom stereocenters. The average Bonchev–Trinajstić information content (AvgIpc) is 3.55. The number of hydrogen-bond acceptors (Lipinski definition) is 1. The standard InChI is InChI=1S/C33H29N2S/c1-20-17-21(2)22(3)28(18-20)32-33-27(15-16-34(32)4)26-14-13-23(19-31(26)36-33)35-29-11-7-5-9-24(29)25-10-6-8-12-30(25)35/h5-19,27,33H,1-4H3/q+1/i5D,6D,7D,8D,9D,10D,11D,12D. The van der Waals surface area contributed by atoms with Crippen molar-refractivity contribution in [1.29, 1.82) is 0 Å². The van der Waals surface area contributed by atoms with Crippen LogP contribution >= 0.6 is 11.8 Å². The van der Waals surface area contributed by atoms with E-state index in [1.807, 2.05) is 18.2 Å². The second-order valence-electron chi connectivity index (χ2n) is 9.66. The molecule has 0 bridgehead atoms. The Morgan fingerprint density at radius 1 is 0.889 bits per heavy atom. The molecule has 2 unspecified atom stereocenters. The first-order chi connectivity index (χ1) is 20.8. The number of aryl methyl sites for hydroxylation is 2. The lowest BCUT2D eigenvalue weighted by Crippen LogP contribution is -2.32. The summed E-state index contributed by atoms with van der Waals surface area (Å²) in [4.78, 5) is 1.02. The monoisotopic (exact) mass is 493 g/mol. The molecule has 0 fully saturated rings. The van der Waals surface area contributed by atoms with E-state index in [1.165, 1.54) is 28.0 Å². The van der Waals surface area contributed by atoms with Crippen molar-refractivity contribution >= 4 is 39.3 Å². The molecule has 5 aromatic rings. The summed E-state index contributed by atoms with van der Waals surface area (Å²) >= 11 is 1.75. The highest BCUT2D eigenvalue weighted by atomic mass is 32.2. The van der Waals surface area contributed by atoms with E-state index in [0.29, 0.717) is 5.69 Å². The van der Waals surface area contributed by atoms with Crippen LogP contribution in [-0.2, 0) is 0 Å². The molecule has 0 amide bonds. The van der Waals surface area contributed by atoms with E-state index >= 15 is 0 Å². The van der Waals surface area contributed by atoms with Gasteiger partial charge in [-0.05, 0) is 73.8 Å². The summed E-state index contributed by atoms with van der Waals surface area (Å²) in [5, 5.41) is 0.290. The van der Waals surface area contributed by atoms with E-state index in [-0.39, 0.29) is 57.1 Å². The highest BCUT2D eigenvalue weighted by Crippen LogP contribution is 2.50. The Morgan fingerprint density at radius 2 is 1.58 bits per heavy atom. The number of hydrogen-bond donors (Lipinski definition) is 0. The molecule has 2 aliphatic rings. The number of benzene rings is 4. The summed E-state index contributed by atoms with van der Waals surface area (Å²) in [6.45, 7) is 6.42. The molecule has 3 heterocycles. The van der Waals surface area contributed by atoms with Crippen LogP contribution in [0.1, 0.15) is 44.7 Å². The highest BCUT2D eigenvalue weighted by Gasteiger charge is 2.43. The molecule has 0 radical (unpaired) electrons. The van der Waals surface area contributed by atoms with Crippen LogP contribution in [0.25, 0.3) is 27.5 Å². The highest BCUT2D eigenvalue weighted by molar-refractivity contribution is 8.01. The quantitative estimate of drug-likeness (QED) is 0.227. The topological polar surface area (TPSA) is 7.94 Å². The maximum atomic E-state index is 8.83. The van der Waals surface area contributed by atoms with Crippen LogP contribution in [0.4, 0.5) is 0 Å². The van der Waals surface area contributed by atoms with Gasteiger partial charge in [0.1, 0.15) is 12.3 Å². The van der Waals surface area contributed by atoms with Crippen molar-refractivity contribution in [2.75, 3.05) is 7.05 Å². The van der Waals surface area contributed by atoms with Crippen LogP contribution in [0.5, 0.6) is 0 Å². The number of para-hydroxylation sites is 2. The minimum atomic E-state index is -0.441. The lowest BCUT2D eigenvalue weighted by molar-refractivity contribution is -0.424. The van der Waals surface area contributed by atoms with Crippen LogP contribution in [0.3, 0.4) is 0 Å². The fourth-order valence-corrected chi connectivity index (χ4v) is 7.27. The van der Waals surface area contributed by atoms with E-state index in [0.717, 1.165) is 10.5 Å². The SMILES string of the molecule is [2H]c1c([2H])c([2H])c2c(c1[2H])c1c([2H])c([2H])c([2H])c([2H])c1n2-c1ccc2c(c1)SC1C(c3cc(C)cc(C)c3C)=[N+](C)C=CC21. The van der Waals surface area contributed by atoms with Crippen molar-refractivity contribution in [2.45, 2.75) is 36.8 Å². The zero-order valence-corrected chi connectivity index (χ0v) is 21.3. The van der Waals surface area contributed by atoms with E-state index < -0.39 is 24.2 Å². The van der Waals surface area contributed by atoms with Gasteiger partial charge in [0.2, 0.25) is 5.71 Å². The van der Waals surface area contributed by atoms with E-state index in [4.69, 9.17) is 11.0 Å². The normalized spacial score (nSPS) is 21.9. The maximum Gasteiger partial charge on any atom is 0.203 e. The second-order valence-corrected chi connectivity index (χ2v) is 10.8. The molecule has 1 aromatic heterocycles. The lowest BCUT2D eigenvalue weighted by Gasteiger charge is -2.22. The fourth-order valence-electron chi connectivity index (χ4n) is 5.67. The average molecular weight is 494 g/mol. The van der Waals surface area contributed by atoms with Gasteiger partial charge in [-0.15, -0.1) is 11.8 Å². The Bertz CT molecular complexity index is 2120. The third-order valence-corrected chi connectivity index (χ3v) is 8.86. The third kappa shape index (κ3) is 3.09. The van der Waals surface area contributed by atoms with Gasteiger partial charge < -0.3 is 4.57 Å². The Labute approximate surface area is 227 Å². The van der Waals surface area contributed by atoms with Crippen LogP contribution in [0.15, 0.2) is 95.8 Å². The fraction of sp³-hybridized carbons (Fsp3) is 0.182. The van der Waals surface area contributed by atoms with Crippen LogP contribution in [0, 0.1) is 20.8 Å². The number of rotatable bonds is 2. The number of allylic oxidation sites excluding steroid dienone is 1. The van der Waals surface area contributed by atoms with Gasteiger partial charge in [-0.25, -0.2) is 4.58 Å². The van der Waals surface area contributed by atoms with Crippen molar-refractivity contribution in [1.82, 2.24) is 4.57 Å². The molecule has 0 aliphatic carbocycles. The number of nitrogens with zero attached hydrogens (tertiary/aromatic N) is 2. The van der Waals surface area contributed by atoms with E-state index in [1.54, 1.807) is 16.3 Å². The van der Waals surface area contributed by atoms with Crippen molar-refractivity contribution < 1.29 is 15.5 Å². The van der Waals surface area contributed by atoms with Crippen molar-refractivity contribution in [3.63, 3.8) is 0 Å². The summed E-state index contributed by atoms with van der Waals surface area (Å²) < 4.78 is 72.3. The van der Waals surface area contributed by atoms with Gasteiger partial charge in [0.15, 0.2) is 6.20 Å². The third-order valence-electron chi connectivity index (χ3n) is 7.48.